The van der Waals surface area contributed by atoms with Crippen molar-refractivity contribution >= 4 is 33.7 Å². The van der Waals surface area contributed by atoms with E-state index >= 15 is 0 Å². The van der Waals surface area contributed by atoms with E-state index in [1.165, 1.54) is 5.56 Å². The van der Waals surface area contributed by atoms with Crippen LogP contribution in [0, 0.1) is 13.8 Å². The Morgan fingerprint density at radius 1 is 0.857 bits per heavy atom. The molecule has 1 aromatic heterocycles. The van der Waals surface area contributed by atoms with Crippen molar-refractivity contribution in [3.63, 3.8) is 0 Å². The lowest BCUT2D eigenvalue weighted by molar-refractivity contribution is 0.104. The number of carbonyl (C=O) groups excluding carboxylic acids is 1. The molecule has 3 heterocycles. The third-order valence-corrected chi connectivity index (χ3v) is 8.60. The number of hydrogen-bond donors (Lipinski definition) is 1. The molecule has 210 valence electrons. The van der Waals surface area contributed by atoms with Crippen molar-refractivity contribution in [2.24, 2.45) is 0 Å². The van der Waals surface area contributed by atoms with E-state index in [4.69, 9.17) is 14.0 Å². The van der Waals surface area contributed by atoms with E-state index in [0.29, 0.717) is 16.9 Å². The third kappa shape index (κ3) is 4.01. The summed E-state index contributed by atoms with van der Waals surface area (Å²) in [6.45, 7) is 8.72. The predicted molar refractivity (Wildman–Crippen MR) is 162 cm³/mol. The van der Waals surface area contributed by atoms with Crippen LogP contribution in [0.2, 0.25) is 0 Å². The fraction of sp³-hybridized carbons (Fsp3) is 0.235. The first kappa shape index (κ1) is 24.9. The molecule has 5 aromatic rings. The first-order valence-corrected chi connectivity index (χ1v) is 14.3. The summed E-state index contributed by atoms with van der Waals surface area (Å²) in [5.41, 5.74) is 8.99. The van der Waals surface area contributed by atoms with Crippen LogP contribution in [0.3, 0.4) is 0 Å². The standard InChI is InChI=1S/C34H30N4O4/c1-20-7-8-21(2)25(15-20)35-26-17-27(32-31-30(26)33(39)23-5-3-4-6-24(23)34(31)42-36-32)38-13-11-37(12-14-38)18-22-9-10-28-29(16-22)41-19-40-28/h3-10,15-17,35H,11-14,18-19H2,1-2H3. The molecular formula is C34H30N4O4. The minimum absolute atomic E-state index is 0.0146. The molecular weight excluding hydrogens is 528 g/mol. The van der Waals surface area contributed by atoms with Crippen molar-refractivity contribution in [1.29, 1.82) is 0 Å². The minimum atomic E-state index is -0.0146. The highest BCUT2D eigenvalue weighted by atomic mass is 16.7. The number of piperazine rings is 1. The lowest BCUT2D eigenvalue weighted by atomic mass is 9.86. The van der Waals surface area contributed by atoms with E-state index in [1.807, 2.05) is 30.3 Å². The van der Waals surface area contributed by atoms with Crippen LogP contribution in [0.25, 0.3) is 22.2 Å². The highest BCUT2D eigenvalue weighted by Crippen LogP contribution is 2.46. The van der Waals surface area contributed by atoms with Gasteiger partial charge in [-0.3, -0.25) is 9.69 Å². The second kappa shape index (κ2) is 9.63. The predicted octanol–water partition coefficient (Wildman–Crippen LogP) is 6.45. The molecule has 1 saturated heterocycles. The number of nitrogens with zero attached hydrogens (tertiary/aromatic N) is 3. The van der Waals surface area contributed by atoms with Crippen LogP contribution in [0.4, 0.5) is 17.1 Å². The molecule has 0 spiro atoms. The van der Waals surface area contributed by atoms with Crippen LogP contribution in [0.5, 0.6) is 11.5 Å². The summed E-state index contributed by atoms with van der Waals surface area (Å²) >= 11 is 0. The lowest BCUT2D eigenvalue weighted by Gasteiger charge is -2.36. The second-order valence-electron chi connectivity index (χ2n) is 11.3. The molecule has 1 fully saturated rings. The molecule has 3 aliphatic rings. The van der Waals surface area contributed by atoms with Gasteiger partial charge in [0.1, 0.15) is 5.52 Å². The number of benzene rings is 4. The van der Waals surface area contributed by atoms with E-state index in [-0.39, 0.29) is 12.6 Å². The first-order chi connectivity index (χ1) is 20.5. The molecule has 0 radical (unpaired) electrons. The molecule has 8 heteroatoms. The van der Waals surface area contributed by atoms with Gasteiger partial charge in [-0.15, -0.1) is 0 Å². The summed E-state index contributed by atoms with van der Waals surface area (Å²) in [6.07, 6.45) is 0. The van der Waals surface area contributed by atoms with Gasteiger partial charge in [-0.1, -0.05) is 47.6 Å². The number of aromatic nitrogens is 1. The average Bonchev–Trinajstić information content (AvgIpc) is 3.66. The zero-order valence-electron chi connectivity index (χ0n) is 23.6. The molecule has 0 bridgehead atoms. The second-order valence-corrected chi connectivity index (χ2v) is 11.3. The molecule has 42 heavy (non-hydrogen) atoms. The van der Waals surface area contributed by atoms with E-state index in [1.54, 1.807) is 0 Å². The Balaban J connectivity index is 1.16. The Kier molecular flexibility index (Phi) is 5.72. The summed E-state index contributed by atoms with van der Waals surface area (Å²) < 4.78 is 17.0. The number of anilines is 3. The molecule has 1 N–H and O–H groups in total. The molecule has 8 rings (SSSR count). The monoisotopic (exact) mass is 558 g/mol. The molecule has 4 aromatic carbocycles. The van der Waals surface area contributed by atoms with Crippen molar-refractivity contribution < 1.29 is 18.8 Å². The maximum absolute atomic E-state index is 14.0. The molecule has 2 aliphatic heterocycles. The summed E-state index contributed by atoms with van der Waals surface area (Å²) in [6, 6.07) is 22.2. The Hall–Kier alpha value is -4.82. The van der Waals surface area contributed by atoms with Gasteiger partial charge in [0.15, 0.2) is 23.0 Å². The van der Waals surface area contributed by atoms with Crippen molar-refractivity contribution in [2.75, 3.05) is 43.2 Å². The van der Waals surface area contributed by atoms with Gasteiger partial charge in [0.25, 0.3) is 0 Å². The van der Waals surface area contributed by atoms with Crippen molar-refractivity contribution in [3.8, 4) is 22.8 Å². The number of fused-ring (bicyclic) bond motifs is 3. The van der Waals surface area contributed by atoms with Crippen LogP contribution in [0.15, 0.2) is 71.3 Å². The normalized spacial score (nSPS) is 15.8. The fourth-order valence-electron chi connectivity index (χ4n) is 6.34. The molecule has 8 nitrogen and oxygen atoms in total. The minimum Gasteiger partial charge on any atom is -0.454 e. The van der Waals surface area contributed by atoms with Gasteiger partial charge in [0.05, 0.1) is 22.3 Å². The van der Waals surface area contributed by atoms with Crippen LogP contribution >= 0.6 is 0 Å². The summed E-state index contributed by atoms with van der Waals surface area (Å²) in [4.78, 5) is 18.8. The number of nitrogens with one attached hydrogen (secondary N) is 1. The van der Waals surface area contributed by atoms with Crippen LogP contribution < -0.4 is 19.7 Å². The summed E-state index contributed by atoms with van der Waals surface area (Å²) in [5.74, 6) is 2.26. The SMILES string of the molecule is Cc1ccc(C)c(Nc2cc(N3CCN(Cc4ccc5c(c4)OCO5)CC3)c3noc4c3c2C(=O)c2ccccc2-4)c1. The van der Waals surface area contributed by atoms with Crippen LogP contribution in [-0.4, -0.2) is 48.8 Å². The summed E-state index contributed by atoms with van der Waals surface area (Å²) in [5, 5.41) is 8.98. The van der Waals surface area contributed by atoms with Crippen LogP contribution in [0.1, 0.15) is 32.6 Å². The molecule has 1 aliphatic carbocycles. The topological polar surface area (TPSA) is 80.1 Å². The van der Waals surface area contributed by atoms with E-state index < -0.39 is 0 Å². The first-order valence-electron chi connectivity index (χ1n) is 14.3. The smallest absolute Gasteiger partial charge is 0.231 e. The highest BCUT2D eigenvalue weighted by Gasteiger charge is 2.34. The zero-order chi connectivity index (χ0) is 28.4. The maximum Gasteiger partial charge on any atom is 0.231 e. The largest absolute Gasteiger partial charge is 0.454 e. The Morgan fingerprint density at radius 2 is 1.67 bits per heavy atom. The maximum atomic E-state index is 14.0. The molecule has 0 atom stereocenters. The Bertz CT molecular complexity index is 1890. The van der Waals surface area contributed by atoms with E-state index in [2.05, 4.69) is 70.5 Å². The van der Waals surface area contributed by atoms with Gasteiger partial charge < -0.3 is 24.2 Å². The Labute approximate surface area is 243 Å². The highest BCUT2D eigenvalue weighted by molar-refractivity contribution is 6.28. The zero-order valence-corrected chi connectivity index (χ0v) is 23.6. The van der Waals surface area contributed by atoms with Gasteiger partial charge >= 0.3 is 0 Å². The summed E-state index contributed by atoms with van der Waals surface area (Å²) in [7, 11) is 0. The number of hydrogen-bond acceptors (Lipinski definition) is 8. The van der Waals surface area contributed by atoms with Gasteiger partial charge in [-0.25, -0.2) is 0 Å². The van der Waals surface area contributed by atoms with Gasteiger partial charge in [0, 0.05) is 49.5 Å². The van der Waals surface area contributed by atoms with E-state index in [0.717, 1.165) is 88.9 Å². The fourth-order valence-corrected chi connectivity index (χ4v) is 6.34. The third-order valence-electron chi connectivity index (χ3n) is 8.60. The number of aryl methyl sites for hydroxylation is 2. The molecule has 0 saturated carbocycles. The Morgan fingerprint density at radius 3 is 2.52 bits per heavy atom. The van der Waals surface area contributed by atoms with Crippen molar-refractivity contribution in [2.45, 2.75) is 20.4 Å². The average molecular weight is 559 g/mol. The van der Waals surface area contributed by atoms with Crippen LogP contribution in [-0.2, 0) is 6.54 Å². The van der Waals surface area contributed by atoms with Crippen molar-refractivity contribution in [1.82, 2.24) is 10.1 Å². The number of rotatable bonds is 5. The van der Waals surface area contributed by atoms with Gasteiger partial charge in [-0.05, 0) is 54.8 Å². The lowest BCUT2D eigenvalue weighted by Crippen LogP contribution is -2.46. The van der Waals surface area contributed by atoms with E-state index in [9.17, 15) is 4.79 Å². The number of ketones is 1. The quantitative estimate of drug-likeness (QED) is 0.259. The van der Waals surface area contributed by atoms with Gasteiger partial charge in [0.2, 0.25) is 6.79 Å². The van der Waals surface area contributed by atoms with Gasteiger partial charge in [-0.2, -0.15) is 0 Å². The molecule has 0 amide bonds. The van der Waals surface area contributed by atoms with Crippen molar-refractivity contribution in [3.05, 3.63) is 94.5 Å². The number of carbonyl (C=O) groups is 1. The number of ether oxygens (including phenoxy) is 2. The molecule has 0 unspecified atom stereocenters.